The van der Waals surface area contributed by atoms with E-state index < -0.39 is 0 Å². The molecule has 0 bridgehead atoms. The molecule has 3 aromatic rings. The number of likely N-dealkylation sites (tertiary alicyclic amines) is 1. The van der Waals surface area contributed by atoms with Crippen LogP contribution in [0, 0.1) is 32.5 Å². The van der Waals surface area contributed by atoms with E-state index in [1.807, 2.05) is 39.8 Å². The SMILES string of the molecule is Cc1cc(OC[C@H]2CCCN(C(C)c3nc4nc(C)sc4cc3F)C2)cc(C)n1.S. The van der Waals surface area contributed by atoms with E-state index in [1.165, 1.54) is 11.3 Å². The Morgan fingerprint density at radius 2 is 1.90 bits per heavy atom. The first-order valence-electron chi connectivity index (χ1n) is 10.1. The van der Waals surface area contributed by atoms with Gasteiger partial charge >= 0.3 is 0 Å². The maximum atomic E-state index is 14.7. The molecule has 162 valence electrons. The summed E-state index contributed by atoms with van der Waals surface area (Å²) in [5.74, 6) is 1.04. The number of ether oxygens (including phenoxy) is 1. The number of pyridine rings is 2. The van der Waals surface area contributed by atoms with Crippen LogP contribution < -0.4 is 4.74 Å². The molecule has 4 rings (SSSR count). The van der Waals surface area contributed by atoms with Crippen LogP contribution >= 0.6 is 24.8 Å². The highest BCUT2D eigenvalue weighted by Crippen LogP contribution is 2.30. The number of rotatable bonds is 5. The first-order valence-corrected chi connectivity index (χ1v) is 11.0. The van der Waals surface area contributed by atoms with Gasteiger partial charge in [-0.1, -0.05) is 0 Å². The quantitative estimate of drug-likeness (QED) is 0.542. The first-order chi connectivity index (χ1) is 13.9. The average Bonchev–Trinajstić information content (AvgIpc) is 3.03. The minimum absolute atomic E-state index is 0. The smallest absolute Gasteiger partial charge is 0.171 e. The second-order valence-electron chi connectivity index (χ2n) is 7.99. The van der Waals surface area contributed by atoms with E-state index in [1.54, 1.807) is 6.07 Å². The van der Waals surface area contributed by atoms with Gasteiger partial charge in [0.1, 0.15) is 11.6 Å². The van der Waals surface area contributed by atoms with Crippen molar-refractivity contribution in [3.8, 4) is 5.75 Å². The maximum absolute atomic E-state index is 14.7. The largest absolute Gasteiger partial charge is 0.493 e. The molecule has 0 amide bonds. The van der Waals surface area contributed by atoms with Crippen molar-refractivity contribution >= 4 is 35.2 Å². The zero-order valence-corrected chi connectivity index (χ0v) is 19.7. The predicted octanol–water partition coefficient (Wildman–Crippen LogP) is 5.12. The molecule has 1 unspecified atom stereocenters. The lowest BCUT2D eigenvalue weighted by Crippen LogP contribution is -2.39. The summed E-state index contributed by atoms with van der Waals surface area (Å²) in [4.78, 5) is 15.7. The molecule has 0 spiro atoms. The molecule has 3 aromatic heterocycles. The normalized spacial score (nSPS) is 18.2. The van der Waals surface area contributed by atoms with E-state index in [0.717, 1.165) is 52.8 Å². The van der Waals surface area contributed by atoms with Gasteiger partial charge in [-0.15, -0.1) is 11.3 Å². The fraction of sp³-hybridized carbons (Fsp3) is 0.500. The molecule has 30 heavy (non-hydrogen) atoms. The van der Waals surface area contributed by atoms with Crippen LogP contribution in [0.25, 0.3) is 10.3 Å². The van der Waals surface area contributed by atoms with Gasteiger partial charge in [0.2, 0.25) is 0 Å². The average molecular weight is 449 g/mol. The van der Waals surface area contributed by atoms with Crippen molar-refractivity contribution in [3.63, 3.8) is 0 Å². The van der Waals surface area contributed by atoms with Crippen LogP contribution in [0.2, 0.25) is 0 Å². The Kier molecular flexibility index (Phi) is 7.31. The van der Waals surface area contributed by atoms with Crippen molar-refractivity contribution < 1.29 is 9.13 Å². The third-order valence-corrected chi connectivity index (χ3v) is 6.41. The van der Waals surface area contributed by atoms with Gasteiger partial charge in [0.25, 0.3) is 0 Å². The lowest BCUT2D eigenvalue weighted by Gasteiger charge is -2.36. The van der Waals surface area contributed by atoms with Crippen molar-refractivity contribution in [1.29, 1.82) is 0 Å². The predicted molar refractivity (Wildman–Crippen MR) is 124 cm³/mol. The zero-order chi connectivity index (χ0) is 20.5. The standard InChI is InChI=1S/C22H27FN4OS.H2S/c1-13-8-18(9-14(2)24-13)28-12-17-6-5-7-27(11-17)15(3)21-19(23)10-20-22(26-21)25-16(4)29-20;/h8-10,15,17H,5-7,11-12H2,1-4H3;1H2/t15?,17-;/m0./s1. The summed E-state index contributed by atoms with van der Waals surface area (Å²) in [5.41, 5.74) is 3.07. The van der Waals surface area contributed by atoms with Crippen LogP contribution in [0.4, 0.5) is 4.39 Å². The number of aromatic nitrogens is 3. The molecular weight excluding hydrogens is 419 g/mol. The van der Waals surface area contributed by atoms with Gasteiger partial charge in [-0.05, 0) is 53.1 Å². The monoisotopic (exact) mass is 448 g/mol. The molecule has 0 aromatic carbocycles. The molecule has 1 aliphatic heterocycles. The van der Waals surface area contributed by atoms with Crippen molar-refractivity contribution in [1.82, 2.24) is 19.9 Å². The van der Waals surface area contributed by atoms with E-state index in [4.69, 9.17) is 4.74 Å². The van der Waals surface area contributed by atoms with Crippen LogP contribution in [0.5, 0.6) is 5.75 Å². The Labute approximate surface area is 188 Å². The Balaban J connectivity index is 0.00000256. The van der Waals surface area contributed by atoms with Gasteiger partial charge in [-0.3, -0.25) is 9.88 Å². The number of hydrogen-bond acceptors (Lipinski definition) is 6. The molecule has 8 heteroatoms. The maximum Gasteiger partial charge on any atom is 0.171 e. The molecule has 0 aliphatic carbocycles. The first kappa shape index (κ1) is 22.9. The Morgan fingerprint density at radius 3 is 2.63 bits per heavy atom. The summed E-state index contributed by atoms with van der Waals surface area (Å²) in [7, 11) is 0. The number of thiazole rings is 1. The van der Waals surface area contributed by atoms with Crippen LogP contribution in [0.1, 0.15) is 47.9 Å². The zero-order valence-electron chi connectivity index (χ0n) is 17.9. The molecular formula is C22H29FN4OS2. The number of nitrogens with zero attached hydrogens (tertiary/aromatic N) is 4. The fourth-order valence-electron chi connectivity index (χ4n) is 4.11. The third kappa shape index (κ3) is 5.10. The third-order valence-electron chi connectivity index (χ3n) is 5.50. The molecule has 0 N–H and O–H groups in total. The van der Waals surface area contributed by atoms with Gasteiger partial charge in [-0.25, -0.2) is 14.4 Å². The molecule has 4 heterocycles. The summed E-state index contributed by atoms with van der Waals surface area (Å²) in [6, 6.07) is 5.44. The molecule has 1 saturated heterocycles. The number of piperidine rings is 1. The summed E-state index contributed by atoms with van der Waals surface area (Å²) in [6.45, 7) is 10.4. The second-order valence-corrected chi connectivity index (χ2v) is 9.22. The van der Waals surface area contributed by atoms with Crippen LogP contribution in [0.15, 0.2) is 18.2 Å². The lowest BCUT2D eigenvalue weighted by molar-refractivity contribution is 0.0978. The summed E-state index contributed by atoms with van der Waals surface area (Å²) >= 11 is 1.48. The molecule has 2 atom stereocenters. The van der Waals surface area contributed by atoms with E-state index >= 15 is 0 Å². The highest BCUT2D eigenvalue weighted by Gasteiger charge is 2.27. The molecule has 1 fully saturated rings. The van der Waals surface area contributed by atoms with Gasteiger partial charge in [-0.2, -0.15) is 13.5 Å². The van der Waals surface area contributed by atoms with Gasteiger partial charge in [0.05, 0.1) is 28.1 Å². The van der Waals surface area contributed by atoms with Gasteiger partial charge < -0.3 is 4.74 Å². The van der Waals surface area contributed by atoms with Crippen molar-refractivity contribution in [3.05, 3.63) is 46.1 Å². The highest BCUT2D eigenvalue weighted by molar-refractivity contribution is 7.59. The highest BCUT2D eigenvalue weighted by atomic mass is 32.1. The number of aryl methyl sites for hydroxylation is 3. The lowest BCUT2D eigenvalue weighted by atomic mass is 9.97. The van der Waals surface area contributed by atoms with Crippen LogP contribution in [-0.2, 0) is 0 Å². The van der Waals surface area contributed by atoms with E-state index in [0.29, 0.717) is 23.9 Å². The van der Waals surface area contributed by atoms with E-state index in [9.17, 15) is 4.39 Å². The topological polar surface area (TPSA) is 51.1 Å². The fourth-order valence-corrected chi connectivity index (χ4v) is 4.90. The number of hydrogen-bond donors (Lipinski definition) is 0. The van der Waals surface area contributed by atoms with Gasteiger partial charge in [0, 0.05) is 36.0 Å². The summed E-state index contributed by atoms with van der Waals surface area (Å²) < 4.78 is 21.6. The molecule has 1 aliphatic rings. The van der Waals surface area contributed by atoms with Crippen LogP contribution in [0.3, 0.4) is 0 Å². The number of fused-ring (bicyclic) bond motifs is 1. The Morgan fingerprint density at radius 1 is 1.17 bits per heavy atom. The van der Waals surface area contributed by atoms with Gasteiger partial charge in [0.15, 0.2) is 5.65 Å². The molecule has 5 nitrogen and oxygen atoms in total. The molecule has 0 radical (unpaired) electrons. The van der Waals surface area contributed by atoms with Crippen molar-refractivity contribution in [2.24, 2.45) is 5.92 Å². The number of halogens is 1. The molecule has 0 saturated carbocycles. The van der Waals surface area contributed by atoms with Crippen molar-refractivity contribution in [2.45, 2.75) is 46.6 Å². The van der Waals surface area contributed by atoms with Crippen LogP contribution in [-0.4, -0.2) is 39.5 Å². The Bertz CT molecular complexity index is 1010. The van der Waals surface area contributed by atoms with Crippen molar-refractivity contribution in [2.75, 3.05) is 19.7 Å². The van der Waals surface area contributed by atoms with E-state index in [-0.39, 0.29) is 25.4 Å². The Hall–Kier alpha value is -1.77. The minimum atomic E-state index is -0.241. The minimum Gasteiger partial charge on any atom is -0.493 e. The van der Waals surface area contributed by atoms with E-state index in [2.05, 4.69) is 19.9 Å². The second kappa shape index (κ2) is 9.58. The summed E-state index contributed by atoms with van der Waals surface area (Å²) in [5, 5.41) is 0.911. The summed E-state index contributed by atoms with van der Waals surface area (Å²) in [6.07, 6.45) is 2.19.